The zero-order valence-corrected chi connectivity index (χ0v) is 46.1. The Morgan fingerprint density at radius 1 is 0.568 bits per heavy atom. The van der Waals surface area contributed by atoms with Gasteiger partial charge in [0.2, 0.25) is 43.8 Å². The third kappa shape index (κ3) is 14.3. The molecule has 0 unspecified atom stereocenters. The van der Waals surface area contributed by atoms with Crippen molar-refractivity contribution in [1.29, 1.82) is 0 Å². The fourth-order valence-electron chi connectivity index (χ4n) is 9.13. The van der Waals surface area contributed by atoms with Crippen molar-refractivity contribution in [2.75, 3.05) is 148 Å². The van der Waals surface area contributed by atoms with Gasteiger partial charge >= 0.3 is 18.4 Å². The number of sulfonamides is 2. The average molecular weight is 1190 g/mol. The molecule has 4 saturated heterocycles. The van der Waals surface area contributed by atoms with Gasteiger partial charge in [-0.25, -0.2) is 71.5 Å². The molecular weight excluding hydrogens is 1130 g/mol. The molecule has 10 heterocycles. The molecule has 4 aliphatic rings. The Morgan fingerprint density at radius 3 is 1.28 bits per heavy atom. The molecule has 28 nitrogen and oxygen atoms in total. The number of hydrogen-bond acceptors (Lipinski definition) is 23. The summed E-state index contributed by atoms with van der Waals surface area (Å²) in [5, 5.41) is 2.42. The molecule has 4 aliphatic heterocycles. The molecule has 1 amide bonds. The molecule has 0 radical (unpaired) electrons. The highest BCUT2D eigenvalue weighted by Crippen LogP contribution is 2.36. The van der Waals surface area contributed by atoms with Crippen LogP contribution in [0.5, 0.6) is 0 Å². The van der Waals surface area contributed by atoms with Crippen LogP contribution in [0.3, 0.4) is 0 Å². The number of hydrogen-bond donors (Lipinski definition) is 2. The third-order valence-electron chi connectivity index (χ3n) is 12.8. The van der Waals surface area contributed by atoms with E-state index in [1.165, 1.54) is 33.4 Å². The molecule has 440 valence electrons. The van der Waals surface area contributed by atoms with E-state index < -0.39 is 57.2 Å². The van der Waals surface area contributed by atoms with Crippen LogP contribution < -0.4 is 30.7 Å². The Hall–Kier alpha value is -7.15. The third-order valence-corrected chi connectivity index (χ3v) is 15.4. The molecule has 0 atom stereocenters. The molecule has 36 heteroatoms. The summed E-state index contributed by atoms with van der Waals surface area (Å²) in [6.07, 6.45) is -2.22. The lowest BCUT2D eigenvalue weighted by atomic mass is 10.2. The summed E-state index contributed by atoms with van der Waals surface area (Å²) in [7, 11) is -6.87. The van der Waals surface area contributed by atoms with Gasteiger partial charge in [0.05, 0.1) is 50.1 Å². The van der Waals surface area contributed by atoms with Gasteiger partial charge in [-0.1, -0.05) is 0 Å². The van der Waals surface area contributed by atoms with Crippen molar-refractivity contribution in [3.05, 3.63) is 24.8 Å². The Morgan fingerprint density at radius 2 is 0.938 bits per heavy atom. The Labute approximate surface area is 459 Å². The van der Waals surface area contributed by atoms with Gasteiger partial charge in [-0.05, 0) is 20.8 Å². The largest absolute Gasteiger partial charge is 0.444 e. The standard InChI is InChI=1S/C25H33F3N10O5S.C20H25F3N10O3S/c1-24(2,3)43-23(39)34-21-29-13-16(14-30-21)18-32-19(35-9-11-42-12-10-35)17-20(33-18)38(15-25(26,27)28)22(31-17)36-5-7-37(8-6-36)44(4,40)41;1-37(34,35)32-4-2-31(3-5-32)19-27-14-16(30-6-8-36-9-7-30)28-15(13-10-25-18(24)26-11-13)29-17(14)33(19)12-20(21,22)23/h13-14H,5-12,15H2,1-4H3,(H,29,30,34,39);10-11H,2-9,12H2,1H3,(H2,24,25,26). The molecule has 0 aromatic carbocycles. The second-order valence-electron chi connectivity index (χ2n) is 20.1. The van der Waals surface area contributed by atoms with Crippen molar-refractivity contribution < 1.29 is 62.2 Å². The Kier molecular flexibility index (Phi) is 16.6. The minimum atomic E-state index is -4.61. The summed E-state index contributed by atoms with van der Waals surface area (Å²) in [5.74, 6) is 0.934. The highest BCUT2D eigenvalue weighted by molar-refractivity contribution is 7.88. The molecule has 0 aliphatic carbocycles. The first-order chi connectivity index (χ1) is 38.1. The number of ether oxygens (including phenoxy) is 3. The van der Waals surface area contributed by atoms with Gasteiger partial charge in [-0.15, -0.1) is 0 Å². The summed E-state index contributed by atoms with van der Waals surface area (Å²) >= 11 is 0. The monoisotopic (exact) mass is 1180 g/mol. The van der Waals surface area contributed by atoms with E-state index in [4.69, 9.17) is 19.9 Å². The zero-order valence-electron chi connectivity index (χ0n) is 44.5. The fourth-order valence-corrected chi connectivity index (χ4v) is 10.8. The van der Waals surface area contributed by atoms with Crippen molar-refractivity contribution >= 4 is 83.9 Å². The maximum absolute atomic E-state index is 14.0. The number of imidazole rings is 2. The molecule has 81 heavy (non-hydrogen) atoms. The summed E-state index contributed by atoms with van der Waals surface area (Å²) in [5.41, 5.74) is 5.86. The Balaban J connectivity index is 0.000000198. The molecule has 0 bridgehead atoms. The van der Waals surface area contributed by atoms with Crippen molar-refractivity contribution in [3.63, 3.8) is 0 Å². The maximum atomic E-state index is 14.0. The lowest BCUT2D eigenvalue weighted by Gasteiger charge is -2.34. The first-order valence-electron chi connectivity index (χ1n) is 25.2. The first-order valence-corrected chi connectivity index (χ1v) is 28.9. The predicted octanol–water partition coefficient (Wildman–Crippen LogP) is 2.46. The summed E-state index contributed by atoms with van der Waals surface area (Å²) in [6, 6.07) is 0. The van der Waals surface area contributed by atoms with Gasteiger partial charge < -0.3 is 39.5 Å². The van der Waals surface area contributed by atoms with Gasteiger partial charge in [0.1, 0.15) is 18.7 Å². The number of alkyl halides is 6. The SMILES string of the molecule is CC(C)(C)OC(=O)Nc1ncc(-c2nc(N3CCOCC3)c3nc(N4CCN(S(C)(=O)=O)CC4)n(CC(F)(F)F)c3n2)cn1.CS(=O)(=O)N1CCN(c2nc3c(N4CCOCC4)nc(-c4cnc(N)nc4)nc3n2CC(F)(F)F)CC1. The quantitative estimate of drug-likeness (QED) is 0.176. The highest BCUT2D eigenvalue weighted by Gasteiger charge is 2.38. The van der Waals surface area contributed by atoms with E-state index in [0.29, 0.717) is 75.4 Å². The van der Waals surface area contributed by atoms with E-state index in [2.05, 4.69) is 55.2 Å². The van der Waals surface area contributed by atoms with Crippen LogP contribution in [-0.4, -0.2) is 226 Å². The van der Waals surface area contributed by atoms with Crippen LogP contribution in [0.15, 0.2) is 24.8 Å². The maximum Gasteiger partial charge on any atom is 0.414 e. The minimum Gasteiger partial charge on any atom is -0.444 e. The number of anilines is 6. The number of aromatic nitrogens is 12. The summed E-state index contributed by atoms with van der Waals surface area (Å²) < 4.78 is 152. The van der Waals surface area contributed by atoms with Gasteiger partial charge in [-0.2, -0.15) is 35.0 Å². The number of piperazine rings is 2. The summed E-state index contributed by atoms with van der Waals surface area (Å²) in [4.78, 5) is 62.8. The number of nitrogens with one attached hydrogen (secondary N) is 1. The molecule has 0 spiro atoms. The first kappa shape index (κ1) is 58.5. The topological polar surface area (TPSA) is 309 Å². The lowest BCUT2D eigenvalue weighted by molar-refractivity contribution is -0.140. The number of nitrogens with two attached hydrogens (primary N) is 1. The van der Waals surface area contributed by atoms with E-state index in [-0.39, 0.29) is 110 Å². The van der Waals surface area contributed by atoms with E-state index in [1.54, 1.807) is 30.6 Å². The zero-order chi connectivity index (χ0) is 58.2. The fraction of sp³-hybridized carbons (Fsp3) is 0.578. The molecule has 10 rings (SSSR count). The van der Waals surface area contributed by atoms with Crippen molar-refractivity contribution in [2.45, 2.75) is 51.8 Å². The predicted molar refractivity (Wildman–Crippen MR) is 282 cm³/mol. The molecule has 3 N–H and O–H groups in total. The second kappa shape index (κ2) is 23.0. The Bertz CT molecular complexity index is 3450. The number of nitrogens with zero attached hydrogens (tertiary/aromatic N) is 18. The average Bonchev–Trinajstić information content (AvgIpc) is 4.03. The van der Waals surface area contributed by atoms with Crippen molar-refractivity contribution in [3.8, 4) is 22.8 Å². The van der Waals surface area contributed by atoms with E-state index in [0.717, 1.165) is 21.6 Å². The number of carbonyl (C=O) groups is 1. The van der Waals surface area contributed by atoms with Crippen LogP contribution in [0.25, 0.3) is 45.1 Å². The highest BCUT2D eigenvalue weighted by atomic mass is 32.2. The molecule has 0 saturated carbocycles. The number of morpholine rings is 2. The van der Waals surface area contributed by atoms with Crippen LogP contribution in [0.4, 0.5) is 66.6 Å². The van der Waals surface area contributed by atoms with Crippen molar-refractivity contribution in [2.24, 2.45) is 0 Å². The van der Waals surface area contributed by atoms with E-state index in [1.807, 2.05) is 9.80 Å². The van der Waals surface area contributed by atoms with Gasteiger partial charge in [-0.3, -0.25) is 14.5 Å². The number of fused-ring (bicyclic) bond motifs is 2. The molecular formula is C45H58F6N20O8S2. The molecule has 6 aromatic heterocycles. The number of rotatable bonds is 11. The second-order valence-corrected chi connectivity index (χ2v) is 24.0. The van der Waals surface area contributed by atoms with E-state index >= 15 is 0 Å². The van der Waals surface area contributed by atoms with Gasteiger partial charge in [0.25, 0.3) is 0 Å². The number of nitrogen functional groups attached to an aromatic ring is 1. The lowest BCUT2D eigenvalue weighted by Crippen LogP contribution is -2.49. The van der Waals surface area contributed by atoms with Gasteiger partial charge in [0.15, 0.2) is 45.6 Å². The van der Waals surface area contributed by atoms with E-state index in [9.17, 15) is 48.0 Å². The van der Waals surface area contributed by atoms with Crippen LogP contribution >= 0.6 is 0 Å². The van der Waals surface area contributed by atoms with Crippen molar-refractivity contribution in [1.82, 2.24) is 67.6 Å². The molecule has 4 fully saturated rings. The number of amides is 1. The smallest absolute Gasteiger partial charge is 0.414 e. The van der Waals surface area contributed by atoms with Crippen LogP contribution in [0, 0.1) is 0 Å². The minimum absolute atomic E-state index is 0.00110. The number of halogens is 6. The number of carbonyl (C=O) groups excluding carboxylic acids is 1. The molecule has 6 aromatic rings. The van der Waals surface area contributed by atoms with Crippen LogP contribution in [0.1, 0.15) is 20.8 Å². The van der Waals surface area contributed by atoms with Crippen LogP contribution in [0.2, 0.25) is 0 Å². The summed E-state index contributed by atoms with van der Waals surface area (Å²) in [6.45, 7) is 6.92. The normalized spacial score (nSPS) is 17.6. The van der Waals surface area contributed by atoms with Crippen LogP contribution in [-0.2, 0) is 47.3 Å². The van der Waals surface area contributed by atoms with Gasteiger partial charge in [0, 0.05) is 103 Å².